The lowest BCUT2D eigenvalue weighted by atomic mass is 10.1. The van der Waals surface area contributed by atoms with Crippen molar-refractivity contribution in [2.45, 2.75) is 13.0 Å². The van der Waals surface area contributed by atoms with Crippen LogP contribution >= 0.6 is 0 Å². The fraction of sp³-hybridized carbons (Fsp3) is 0.176. The van der Waals surface area contributed by atoms with Crippen LogP contribution in [0.1, 0.15) is 6.42 Å². The molecule has 0 radical (unpaired) electrons. The van der Waals surface area contributed by atoms with Gasteiger partial charge in [-0.2, -0.15) is 4.98 Å². The van der Waals surface area contributed by atoms with Crippen LogP contribution in [0.3, 0.4) is 0 Å². The molecular formula is C17H16N6O. The molecule has 0 saturated carbocycles. The van der Waals surface area contributed by atoms with E-state index < -0.39 is 0 Å². The monoisotopic (exact) mass is 320 g/mol. The van der Waals surface area contributed by atoms with E-state index in [-0.39, 0.29) is 11.5 Å². The second-order valence-corrected chi connectivity index (χ2v) is 5.58. The first kappa shape index (κ1) is 14.4. The molecule has 0 aliphatic carbocycles. The number of fused-ring (bicyclic) bond motifs is 1. The summed E-state index contributed by atoms with van der Waals surface area (Å²) in [6, 6.07) is 13.0. The van der Waals surface area contributed by atoms with Gasteiger partial charge in [-0.3, -0.25) is 14.3 Å². The zero-order valence-corrected chi connectivity index (χ0v) is 13.0. The zero-order chi connectivity index (χ0) is 16.5. The highest BCUT2D eigenvalue weighted by Crippen LogP contribution is 2.27. The van der Waals surface area contributed by atoms with E-state index in [1.165, 1.54) is 0 Å². The zero-order valence-electron chi connectivity index (χ0n) is 13.0. The summed E-state index contributed by atoms with van der Waals surface area (Å²) in [5, 5.41) is 0. The van der Waals surface area contributed by atoms with Crippen LogP contribution in [0.2, 0.25) is 0 Å². The Kier molecular flexibility index (Phi) is 3.45. The molecule has 0 saturated heterocycles. The van der Waals surface area contributed by atoms with Gasteiger partial charge < -0.3 is 5.73 Å². The Balaban J connectivity index is 1.87. The standard InChI is InChI=1S/C17H16N6O/c18-16-19-8-7-14(21-16)22-9-4-10-23-15(24)11-13(20-17(22)23)12-5-2-1-3-6-12/h1-3,5-8,11H,4,9-10H2,(H2,18,19,21). The van der Waals surface area contributed by atoms with Gasteiger partial charge in [-0.25, -0.2) is 9.97 Å². The Morgan fingerprint density at radius 2 is 1.88 bits per heavy atom. The molecule has 7 nitrogen and oxygen atoms in total. The van der Waals surface area contributed by atoms with Crippen LogP contribution in [0.5, 0.6) is 0 Å². The van der Waals surface area contributed by atoms with Gasteiger partial charge in [0.25, 0.3) is 5.56 Å². The maximum atomic E-state index is 12.5. The average molecular weight is 320 g/mol. The van der Waals surface area contributed by atoms with Gasteiger partial charge in [-0.1, -0.05) is 30.3 Å². The Bertz CT molecular complexity index is 937. The number of hydrogen-bond acceptors (Lipinski definition) is 6. The number of anilines is 3. The predicted octanol–water partition coefficient (Wildman–Crippen LogP) is 1.82. The van der Waals surface area contributed by atoms with Crippen molar-refractivity contribution in [3.63, 3.8) is 0 Å². The first-order chi connectivity index (χ1) is 11.7. The van der Waals surface area contributed by atoms with Gasteiger partial charge in [0.15, 0.2) is 0 Å². The number of nitrogen functional groups attached to an aromatic ring is 1. The highest BCUT2D eigenvalue weighted by molar-refractivity contribution is 5.62. The maximum absolute atomic E-state index is 12.5. The fourth-order valence-electron chi connectivity index (χ4n) is 2.88. The summed E-state index contributed by atoms with van der Waals surface area (Å²) >= 11 is 0. The molecule has 24 heavy (non-hydrogen) atoms. The number of nitrogens with two attached hydrogens (primary N) is 1. The Labute approximate surface area is 138 Å². The van der Waals surface area contributed by atoms with E-state index in [4.69, 9.17) is 10.7 Å². The van der Waals surface area contributed by atoms with Crippen molar-refractivity contribution in [2.75, 3.05) is 17.2 Å². The second-order valence-electron chi connectivity index (χ2n) is 5.58. The van der Waals surface area contributed by atoms with Gasteiger partial charge >= 0.3 is 0 Å². The summed E-state index contributed by atoms with van der Waals surface area (Å²) in [6.07, 6.45) is 2.44. The van der Waals surface area contributed by atoms with E-state index in [2.05, 4.69) is 9.97 Å². The third-order valence-corrected chi connectivity index (χ3v) is 4.00. The molecule has 3 heterocycles. The van der Waals surface area contributed by atoms with Gasteiger partial charge in [0.1, 0.15) is 5.82 Å². The van der Waals surface area contributed by atoms with Crippen molar-refractivity contribution in [1.82, 2.24) is 19.5 Å². The van der Waals surface area contributed by atoms with Crippen molar-refractivity contribution in [2.24, 2.45) is 0 Å². The Morgan fingerprint density at radius 1 is 1.04 bits per heavy atom. The molecule has 0 spiro atoms. The van der Waals surface area contributed by atoms with Gasteiger partial charge in [0, 0.05) is 30.9 Å². The summed E-state index contributed by atoms with van der Waals surface area (Å²) in [6.45, 7) is 1.37. The molecular weight excluding hydrogens is 304 g/mol. The number of rotatable bonds is 2. The number of aromatic nitrogens is 4. The maximum Gasteiger partial charge on any atom is 0.255 e. The number of hydrogen-bond donors (Lipinski definition) is 1. The molecule has 1 aromatic carbocycles. The second kappa shape index (κ2) is 5.77. The van der Waals surface area contributed by atoms with Crippen molar-refractivity contribution in [1.29, 1.82) is 0 Å². The van der Waals surface area contributed by atoms with Crippen LogP contribution in [0, 0.1) is 0 Å². The number of nitrogens with zero attached hydrogens (tertiary/aromatic N) is 5. The lowest BCUT2D eigenvalue weighted by Gasteiger charge is -2.30. The summed E-state index contributed by atoms with van der Waals surface area (Å²) in [7, 11) is 0. The normalized spacial score (nSPS) is 13.6. The average Bonchev–Trinajstić information content (AvgIpc) is 2.62. The van der Waals surface area contributed by atoms with E-state index in [0.29, 0.717) is 24.0 Å². The summed E-state index contributed by atoms with van der Waals surface area (Å²) in [5.74, 6) is 1.44. The molecule has 1 aliphatic heterocycles. The van der Waals surface area contributed by atoms with Gasteiger partial charge in [0.2, 0.25) is 11.9 Å². The van der Waals surface area contributed by atoms with Crippen LogP contribution in [-0.2, 0) is 6.54 Å². The summed E-state index contributed by atoms with van der Waals surface area (Å²) in [4.78, 5) is 27.4. The Morgan fingerprint density at radius 3 is 2.67 bits per heavy atom. The van der Waals surface area contributed by atoms with E-state index in [1.54, 1.807) is 22.9 Å². The van der Waals surface area contributed by atoms with Gasteiger partial charge in [-0.15, -0.1) is 0 Å². The molecule has 1 aliphatic rings. The van der Waals surface area contributed by atoms with Crippen molar-refractivity contribution in [3.05, 3.63) is 59.0 Å². The molecule has 120 valence electrons. The first-order valence-electron chi connectivity index (χ1n) is 7.76. The van der Waals surface area contributed by atoms with Crippen molar-refractivity contribution in [3.8, 4) is 11.3 Å². The Hall–Kier alpha value is -3.22. The SMILES string of the molecule is Nc1nccc(N2CCCn3c2nc(-c2ccccc2)cc3=O)n1. The topological polar surface area (TPSA) is 89.9 Å². The van der Waals surface area contributed by atoms with Crippen LogP contribution in [0.4, 0.5) is 17.7 Å². The van der Waals surface area contributed by atoms with Crippen molar-refractivity contribution < 1.29 is 0 Å². The van der Waals surface area contributed by atoms with E-state index in [0.717, 1.165) is 18.5 Å². The molecule has 4 rings (SSSR count). The minimum absolute atomic E-state index is 0.0643. The van der Waals surface area contributed by atoms with Crippen LogP contribution < -0.4 is 16.2 Å². The van der Waals surface area contributed by atoms with Crippen LogP contribution in [-0.4, -0.2) is 26.1 Å². The highest BCUT2D eigenvalue weighted by atomic mass is 16.1. The van der Waals surface area contributed by atoms with E-state index in [9.17, 15) is 4.79 Å². The highest BCUT2D eigenvalue weighted by Gasteiger charge is 2.23. The summed E-state index contributed by atoms with van der Waals surface area (Å²) < 4.78 is 1.67. The largest absolute Gasteiger partial charge is 0.368 e. The fourth-order valence-corrected chi connectivity index (χ4v) is 2.88. The first-order valence-corrected chi connectivity index (χ1v) is 7.76. The molecule has 2 N–H and O–H groups in total. The molecule has 0 atom stereocenters. The molecule has 0 unspecified atom stereocenters. The van der Waals surface area contributed by atoms with Gasteiger partial charge in [-0.05, 0) is 12.5 Å². The smallest absolute Gasteiger partial charge is 0.255 e. The van der Waals surface area contributed by atoms with Gasteiger partial charge in [0.05, 0.1) is 5.69 Å². The lowest BCUT2D eigenvalue weighted by Crippen LogP contribution is -2.36. The van der Waals surface area contributed by atoms with E-state index >= 15 is 0 Å². The van der Waals surface area contributed by atoms with Crippen LogP contribution in [0.25, 0.3) is 11.3 Å². The van der Waals surface area contributed by atoms with Crippen molar-refractivity contribution >= 4 is 17.7 Å². The molecule has 0 amide bonds. The quantitative estimate of drug-likeness (QED) is 0.774. The predicted molar refractivity (Wildman–Crippen MR) is 92.0 cm³/mol. The molecule has 2 aromatic heterocycles. The third kappa shape index (κ3) is 2.50. The molecule has 3 aromatic rings. The minimum Gasteiger partial charge on any atom is -0.368 e. The van der Waals surface area contributed by atoms with Crippen LogP contribution in [0.15, 0.2) is 53.5 Å². The molecule has 0 fully saturated rings. The minimum atomic E-state index is -0.0643. The molecule has 7 heteroatoms. The third-order valence-electron chi connectivity index (χ3n) is 4.00. The van der Waals surface area contributed by atoms with E-state index in [1.807, 2.05) is 35.2 Å². The lowest BCUT2D eigenvalue weighted by molar-refractivity contribution is 0.561. The molecule has 0 bridgehead atoms. The number of benzene rings is 1. The summed E-state index contributed by atoms with van der Waals surface area (Å²) in [5.41, 5.74) is 7.20.